The van der Waals surface area contributed by atoms with Crippen LogP contribution in [0.1, 0.15) is 22.6 Å². The van der Waals surface area contributed by atoms with Gasteiger partial charge in [0.2, 0.25) is 0 Å². The highest BCUT2D eigenvalue weighted by Crippen LogP contribution is 2.26. The summed E-state index contributed by atoms with van der Waals surface area (Å²) in [6.45, 7) is 0. The summed E-state index contributed by atoms with van der Waals surface area (Å²) >= 11 is 0. The van der Waals surface area contributed by atoms with Crippen LogP contribution >= 0.6 is 0 Å². The molecule has 4 nitrogen and oxygen atoms in total. The smallest absolute Gasteiger partial charge is 0.134 e. The van der Waals surface area contributed by atoms with Gasteiger partial charge in [0, 0.05) is 10.8 Å². The Labute approximate surface area is 131 Å². The molecular formula is C19H10N2O2. The second-order valence-electron chi connectivity index (χ2n) is 5.33. The van der Waals surface area contributed by atoms with Crippen LogP contribution in [0.5, 0.6) is 0 Å². The first-order valence-corrected chi connectivity index (χ1v) is 7.10. The maximum Gasteiger partial charge on any atom is 0.134 e. The van der Waals surface area contributed by atoms with E-state index in [-0.39, 0.29) is 0 Å². The van der Waals surface area contributed by atoms with Gasteiger partial charge in [-0.15, -0.1) is 0 Å². The van der Waals surface area contributed by atoms with Gasteiger partial charge in [0.25, 0.3) is 0 Å². The van der Waals surface area contributed by atoms with Crippen molar-refractivity contribution in [1.29, 1.82) is 10.5 Å². The number of benzene rings is 2. The van der Waals surface area contributed by atoms with Gasteiger partial charge in [-0.3, -0.25) is 0 Å². The number of nitriles is 2. The Morgan fingerprint density at radius 2 is 1.17 bits per heavy atom. The molecule has 4 aromatic rings. The van der Waals surface area contributed by atoms with Gasteiger partial charge < -0.3 is 8.83 Å². The first kappa shape index (κ1) is 13.2. The molecule has 0 atom stereocenters. The van der Waals surface area contributed by atoms with Crippen LogP contribution < -0.4 is 0 Å². The van der Waals surface area contributed by atoms with E-state index in [1.165, 1.54) is 0 Å². The highest BCUT2D eigenvalue weighted by Gasteiger charge is 2.10. The molecule has 0 radical (unpaired) electrons. The standard InChI is InChI=1S/C19H10N2O2/c20-10-12-1-3-18-14(5-12)7-16(22-18)9-17-8-15-6-13(11-21)2-4-19(15)23-17/h1-8H,9H2. The molecule has 2 aromatic heterocycles. The fraction of sp³-hybridized carbons (Fsp3) is 0.0526. The Hall–Kier alpha value is -3.50. The second-order valence-corrected chi connectivity index (χ2v) is 5.33. The van der Waals surface area contributed by atoms with Crippen LogP contribution in [-0.2, 0) is 6.42 Å². The van der Waals surface area contributed by atoms with E-state index < -0.39 is 0 Å². The van der Waals surface area contributed by atoms with Crippen molar-refractivity contribution in [2.24, 2.45) is 0 Å². The molecule has 2 heterocycles. The largest absolute Gasteiger partial charge is 0.461 e. The summed E-state index contributed by atoms with van der Waals surface area (Å²) in [5, 5.41) is 19.7. The molecule has 108 valence electrons. The number of fused-ring (bicyclic) bond motifs is 2. The summed E-state index contributed by atoms with van der Waals surface area (Å²) in [6, 6.07) is 18.8. The molecule has 4 heteroatoms. The van der Waals surface area contributed by atoms with E-state index in [1.54, 1.807) is 36.4 Å². The van der Waals surface area contributed by atoms with Gasteiger partial charge >= 0.3 is 0 Å². The summed E-state index contributed by atoms with van der Waals surface area (Å²) in [4.78, 5) is 0. The third-order valence-corrected chi connectivity index (χ3v) is 3.74. The van der Waals surface area contributed by atoms with Crippen molar-refractivity contribution < 1.29 is 8.83 Å². The van der Waals surface area contributed by atoms with Crippen LogP contribution in [0.4, 0.5) is 0 Å². The third kappa shape index (κ3) is 2.33. The number of furan rings is 2. The molecule has 23 heavy (non-hydrogen) atoms. The van der Waals surface area contributed by atoms with E-state index in [0.29, 0.717) is 17.5 Å². The minimum absolute atomic E-state index is 0.521. The number of hydrogen-bond acceptors (Lipinski definition) is 4. The van der Waals surface area contributed by atoms with E-state index in [2.05, 4.69) is 12.1 Å². The molecule has 0 saturated carbocycles. The Kier molecular flexibility index (Phi) is 2.89. The lowest BCUT2D eigenvalue weighted by Gasteiger charge is -1.91. The summed E-state index contributed by atoms with van der Waals surface area (Å²) < 4.78 is 11.6. The van der Waals surface area contributed by atoms with Crippen molar-refractivity contribution in [2.75, 3.05) is 0 Å². The molecular weight excluding hydrogens is 288 g/mol. The summed E-state index contributed by atoms with van der Waals surface area (Å²) in [7, 11) is 0. The molecule has 0 aliphatic heterocycles. The van der Waals surface area contributed by atoms with Crippen molar-refractivity contribution in [3.63, 3.8) is 0 Å². The minimum Gasteiger partial charge on any atom is -0.461 e. The monoisotopic (exact) mass is 298 g/mol. The Bertz CT molecular complexity index is 1030. The van der Waals surface area contributed by atoms with Crippen LogP contribution in [0.3, 0.4) is 0 Å². The molecule has 0 spiro atoms. The lowest BCUT2D eigenvalue weighted by atomic mass is 10.1. The van der Waals surface area contributed by atoms with Gasteiger partial charge in [-0.2, -0.15) is 10.5 Å². The third-order valence-electron chi connectivity index (χ3n) is 3.74. The minimum atomic E-state index is 0.521. The fourth-order valence-electron chi connectivity index (χ4n) is 2.68. The zero-order valence-electron chi connectivity index (χ0n) is 12.0. The average molecular weight is 298 g/mol. The van der Waals surface area contributed by atoms with Gasteiger partial charge in [-0.05, 0) is 48.5 Å². The summed E-state index contributed by atoms with van der Waals surface area (Å²) in [6.07, 6.45) is 0.521. The van der Waals surface area contributed by atoms with E-state index in [0.717, 1.165) is 33.5 Å². The fourth-order valence-corrected chi connectivity index (χ4v) is 2.68. The molecule has 0 aliphatic rings. The zero-order chi connectivity index (χ0) is 15.8. The van der Waals surface area contributed by atoms with E-state index in [1.807, 2.05) is 12.1 Å². The van der Waals surface area contributed by atoms with E-state index >= 15 is 0 Å². The molecule has 0 amide bonds. The lowest BCUT2D eigenvalue weighted by Crippen LogP contribution is -1.80. The first-order chi connectivity index (χ1) is 11.2. The molecule has 0 fully saturated rings. The topological polar surface area (TPSA) is 73.9 Å². The van der Waals surface area contributed by atoms with Crippen molar-refractivity contribution in [3.8, 4) is 12.1 Å². The SMILES string of the molecule is N#Cc1ccc2oc(Cc3cc4cc(C#N)ccc4o3)cc2c1. The van der Waals surface area contributed by atoms with Crippen LogP contribution in [0, 0.1) is 22.7 Å². The Morgan fingerprint density at radius 3 is 1.61 bits per heavy atom. The Balaban J connectivity index is 1.70. The van der Waals surface area contributed by atoms with Gasteiger partial charge in [0.15, 0.2) is 0 Å². The second kappa shape index (κ2) is 5.05. The first-order valence-electron chi connectivity index (χ1n) is 7.10. The number of hydrogen-bond donors (Lipinski definition) is 0. The predicted molar refractivity (Wildman–Crippen MR) is 84.7 cm³/mol. The summed E-state index contributed by atoms with van der Waals surface area (Å²) in [5.41, 5.74) is 2.72. The van der Waals surface area contributed by atoms with E-state index in [4.69, 9.17) is 19.4 Å². The van der Waals surface area contributed by atoms with Crippen molar-refractivity contribution in [1.82, 2.24) is 0 Å². The molecule has 4 rings (SSSR count). The molecule has 0 unspecified atom stereocenters. The number of rotatable bonds is 2. The molecule has 0 aliphatic carbocycles. The highest BCUT2D eigenvalue weighted by molar-refractivity contribution is 5.81. The lowest BCUT2D eigenvalue weighted by molar-refractivity contribution is 0.512. The molecule has 2 aromatic carbocycles. The van der Waals surface area contributed by atoms with Crippen LogP contribution in [-0.4, -0.2) is 0 Å². The van der Waals surface area contributed by atoms with Gasteiger partial charge in [-0.1, -0.05) is 0 Å². The van der Waals surface area contributed by atoms with Crippen LogP contribution in [0.25, 0.3) is 21.9 Å². The predicted octanol–water partition coefficient (Wildman–Crippen LogP) is 4.51. The normalized spacial score (nSPS) is 10.7. The summed E-state index contributed by atoms with van der Waals surface area (Å²) in [5.74, 6) is 1.55. The van der Waals surface area contributed by atoms with E-state index in [9.17, 15) is 0 Å². The zero-order valence-corrected chi connectivity index (χ0v) is 12.0. The van der Waals surface area contributed by atoms with Gasteiger partial charge in [0.05, 0.1) is 29.7 Å². The molecule has 0 N–H and O–H groups in total. The number of nitrogens with zero attached hydrogens (tertiary/aromatic N) is 2. The van der Waals surface area contributed by atoms with Crippen molar-refractivity contribution in [2.45, 2.75) is 6.42 Å². The van der Waals surface area contributed by atoms with Crippen LogP contribution in [0.2, 0.25) is 0 Å². The molecule has 0 bridgehead atoms. The quantitative estimate of drug-likeness (QED) is 0.545. The van der Waals surface area contributed by atoms with Gasteiger partial charge in [0.1, 0.15) is 22.7 Å². The van der Waals surface area contributed by atoms with Crippen LogP contribution in [0.15, 0.2) is 57.4 Å². The molecule has 0 saturated heterocycles. The Morgan fingerprint density at radius 1 is 0.696 bits per heavy atom. The van der Waals surface area contributed by atoms with Crippen molar-refractivity contribution in [3.05, 3.63) is 71.2 Å². The highest BCUT2D eigenvalue weighted by atomic mass is 16.4. The van der Waals surface area contributed by atoms with Crippen molar-refractivity contribution >= 4 is 21.9 Å². The average Bonchev–Trinajstić information content (AvgIpc) is 3.15. The maximum absolute atomic E-state index is 8.94. The maximum atomic E-state index is 8.94. The van der Waals surface area contributed by atoms with Gasteiger partial charge in [-0.25, -0.2) is 0 Å².